The average molecular weight is 205 g/mol. The van der Waals surface area contributed by atoms with Crippen LogP contribution < -0.4 is 11.3 Å². The lowest BCUT2D eigenvalue weighted by atomic mass is 9.96. The minimum Gasteiger partial charge on any atom is -0.346 e. The number of hydrazine groups is 1. The van der Waals surface area contributed by atoms with Gasteiger partial charge in [-0.15, -0.1) is 0 Å². The minimum atomic E-state index is -0.0924. The van der Waals surface area contributed by atoms with Crippen molar-refractivity contribution in [3.63, 3.8) is 0 Å². The summed E-state index contributed by atoms with van der Waals surface area (Å²) in [5.41, 5.74) is 3.31. The standard InChI is InChI=1S/C10H15N5/c1-10(2,3)9-13-7-6(4-5-12-7)8(14-9)15-11/h4-5H,11H2,1-3H3,(H2,12,13,14,15). The SMILES string of the molecule is CC(C)(C)c1nc(NN)c2cc[nH]c2n1. The molecule has 2 heterocycles. The predicted octanol–water partition coefficient (Wildman–Crippen LogP) is 1.54. The molecule has 2 rings (SSSR count). The monoisotopic (exact) mass is 205 g/mol. The van der Waals surface area contributed by atoms with Crippen molar-refractivity contribution in [3.8, 4) is 0 Å². The molecule has 0 amide bonds. The van der Waals surface area contributed by atoms with Crippen molar-refractivity contribution in [1.29, 1.82) is 0 Å². The molecule has 15 heavy (non-hydrogen) atoms. The molecule has 5 heteroatoms. The Kier molecular flexibility index (Phi) is 2.12. The molecule has 0 bridgehead atoms. The van der Waals surface area contributed by atoms with Crippen LogP contribution in [-0.2, 0) is 5.41 Å². The highest BCUT2D eigenvalue weighted by Crippen LogP contribution is 2.24. The third kappa shape index (κ3) is 1.66. The maximum absolute atomic E-state index is 5.43. The van der Waals surface area contributed by atoms with Gasteiger partial charge in [-0.3, -0.25) is 0 Å². The van der Waals surface area contributed by atoms with Crippen LogP contribution in [0.2, 0.25) is 0 Å². The molecule has 0 spiro atoms. The topological polar surface area (TPSA) is 79.6 Å². The second kappa shape index (κ2) is 3.20. The molecule has 80 valence electrons. The zero-order valence-corrected chi connectivity index (χ0v) is 9.13. The van der Waals surface area contributed by atoms with Crippen LogP contribution in [0.1, 0.15) is 26.6 Å². The van der Waals surface area contributed by atoms with Crippen molar-refractivity contribution in [2.75, 3.05) is 5.43 Å². The van der Waals surface area contributed by atoms with Crippen molar-refractivity contribution in [1.82, 2.24) is 15.0 Å². The normalized spacial score (nSPS) is 12.0. The maximum atomic E-state index is 5.43. The van der Waals surface area contributed by atoms with E-state index in [1.54, 1.807) is 0 Å². The number of aromatic amines is 1. The average Bonchev–Trinajstić information content (AvgIpc) is 2.62. The van der Waals surface area contributed by atoms with Crippen molar-refractivity contribution in [2.45, 2.75) is 26.2 Å². The van der Waals surface area contributed by atoms with E-state index in [-0.39, 0.29) is 5.41 Å². The van der Waals surface area contributed by atoms with E-state index < -0.39 is 0 Å². The Labute approximate surface area is 88.1 Å². The smallest absolute Gasteiger partial charge is 0.153 e. The molecule has 0 aliphatic carbocycles. The van der Waals surface area contributed by atoms with Crippen LogP contribution in [0.4, 0.5) is 5.82 Å². The van der Waals surface area contributed by atoms with Gasteiger partial charge in [0.25, 0.3) is 0 Å². The van der Waals surface area contributed by atoms with E-state index >= 15 is 0 Å². The zero-order valence-electron chi connectivity index (χ0n) is 9.13. The number of hydrogen-bond acceptors (Lipinski definition) is 4. The van der Waals surface area contributed by atoms with Crippen LogP contribution in [0.5, 0.6) is 0 Å². The van der Waals surface area contributed by atoms with Gasteiger partial charge in [-0.05, 0) is 6.07 Å². The Morgan fingerprint density at radius 1 is 1.33 bits per heavy atom. The number of rotatable bonds is 1. The number of aromatic nitrogens is 3. The zero-order chi connectivity index (χ0) is 11.1. The van der Waals surface area contributed by atoms with E-state index in [4.69, 9.17) is 5.84 Å². The quantitative estimate of drug-likeness (QED) is 0.487. The Bertz CT molecular complexity index is 480. The highest BCUT2D eigenvalue weighted by Gasteiger charge is 2.19. The van der Waals surface area contributed by atoms with Crippen LogP contribution in [-0.4, -0.2) is 15.0 Å². The fourth-order valence-corrected chi connectivity index (χ4v) is 1.39. The lowest BCUT2D eigenvalue weighted by Gasteiger charge is -2.17. The summed E-state index contributed by atoms with van der Waals surface area (Å²) in [4.78, 5) is 11.9. The molecule has 5 nitrogen and oxygen atoms in total. The summed E-state index contributed by atoms with van der Waals surface area (Å²) in [6.07, 6.45) is 1.83. The van der Waals surface area contributed by atoms with Gasteiger partial charge in [-0.2, -0.15) is 0 Å². The van der Waals surface area contributed by atoms with Crippen molar-refractivity contribution in [3.05, 3.63) is 18.1 Å². The van der Waals surface area contributed by atoms with E-state index in [1.165, 1.54) is 0 Å². The first kappa shape index (κ1) is 9.92. The number of fused-ring (bicyclic) bond motifs is 1. The highest BCUT2D eigenvalue weighted by atomic mass is 15.3. The molecular weight excluding hydrogens is 190 g/mol. The van der Waals surface area contributed by atoms with E-state index in [1.807, 2.05) is 12.3 Å². The molecular formula is C10H15N5. The lowest BCUT2D eigenvalue weighted by molar-refractivity contribution is 0.548. The number of H-pyrrole nitrogens is 1. The van der Waals surface area contributed by atoms with E-state index in [2.05, 4.69) is 41.1 Å². The molecule has 2 aromatic rings. The van der Waals surface area contributed by atoms with Crippen molar-refractivity contribution >= 4 is 16.9 Å². The summed E-state index contributed by atoms with van der Waals surface area (Å²) >= 11 is 0. The maximum Gasteiger partial charge on any atom is 0.153 e. The molecule has 0 aromatic carbocycles. The largest absolute Gasteiger partial charge is 0.346 e. The Hall–Kier alpha value is -1.62. The fraction of sp³-hybridized carbons (Fsp3) is 0.400. The lowest BCUT2D eigenvalue weighted by Crippen LogP contribution is -2.18. The van der Waals surface area contributed by atoms with Crippen LogP contribution in [0.25, 0.3) is 11.0 Å². The van der Waals surface area contributed by atoms with Gasteiger partial charge >= 0.3 is 0 Å². The predicted molar refractivity (Wildman–Crippen MR) is 60.4 cm³/mol. The second-order valence-electron chi connectivity index (χ2n) is 4.53. The second-order valence-corrected chi connectivity index (χ2v) is 4.53. The summed E-state index contributed by atoms with van der Waals surface area (Å²) in [6, 6.07) is 1.90. The van der Waals surface area contributed by atoms with Gasteiger partial charge in [0.05, 0.1) is 5.39 Å². The first-order chi connectivity index (χ1) is 7.02. The molecule has 0 saturated carbocycles. The fourth-order valence-electron chi connectivity index (χ4n) is 1.39. The summed E-state index contributed by atoms with van der Waals surface area (Å²) in [6.45, 7) is 6.20. The number of nitrogen functional groups attached to an aromatic ring is 1. The number of anilines is 1. The molecule has 4 N–H and O–H groups in total. The van der Waals surface area contributed by atoms with Gasteiger partial charge in [0.15, 0.2) is 5.82 Å². The summed E-state index contributed by atoms with van der Waals surface area (Å²) < 4.78 is 0. The van der Waals surface area contributed by atoms with Gasteiger partial charge < -0.3 is 10.4 Å². The van der Waals surface area contributed by atoms with Gasteiger partial charge in [0.2, 0.25) is 0 Å². The van der Waals surface area contributed by atoms with Gasteiger partial charge in [-0.1, -0.05) is 20.8 Å². The summed E-state index contributed by atoms with van der Waals surface area (Å²) in [5, 5.41) is 0.908. The molecule has 0 saturated heterocycles. The highest BCUT2D eigenvalue weighted by molar-refractivity contribution is 5.86. The Morgan fingerprint density at radius 2 is 2.07 bits per heavy atom. The minimum absolute atomic E-state index is 0.0924. The van der Waals surface area contributed by atoms with Crippen molar-refractivity contribution in [2.24, 2.45) is 5.84 Å². The number of hydrogen-bond donors (Lipinski definition) is 3. The van der Waals surface area contributed by atoms with Crippen LogP contribution in [0.3, 0.4) is 0 Å². The van der Waals surface area contributed by atoms with Crippen LogP contribution in [0.15, 0.2) is 12.3 Å². The number of nitrogens with one attached hydrogen (secondary N) is 2. The third-order valence-corrected chi connectivity index (χ3v) is 2.22. The Morgan fingerprint density at radius 3 is 2.67 bits per heavy atom. The van der Waals surface area contributed by atoms with Crippen molar-refractivity contribution < 1.29 is 0 Å². The summed E-state index contributed by atoms with van der Waals surface area (Å²) in [7, 11) is 0. The molecule has 0 aliphatic rings. The first-order valence-corrected chi connectivity index (χ1v) is 4.84. The van der Waals surface area contributed by atoms with Gasteiger partial charge in [0.1, 0.15) is 11.5 Å². The molecule has 0 atom stereocenters. The number of nitrogens with two attached hydrogens (primary N) is 1. The third-order valence-electron chi connectivity index (χ3n) is 2.22. The molecule has 0 radical (unpaired) electrons. The summed E-state index contributed by atoms with van der Waals surface area (Å²) in [5.74, 6) is 6.86. The molecule has 0 unspecified atom stereocenters. The molecule has 0 aliphatic heterocycles. The molecule has 0 fully saturated rings. The van der Waals surface area contributed by atoms with Gasteiger partial charge in [0, 0.05) is 11.6 Å². The van der Waals surface area contributed by atoms with Gasteiger partial charge in [-0.25, -0.2) is 15.8 Å². The Balaban J connectivity index is 2.69. The van der Waals surface area contributed by atoms with E-state index in [0.717, 1.165) is 16.9 Å². The molecule has 2 aromatic heterocycles. The van der Waals surface area contributed by atoms with E-state index in [0.29, 0.717) is 5.82 Å². The first-order valence-electron chi connectivity index (χ1n) is 4.84. The van der Waals surface area contributed by atoms with Crippen LogP contribution in [0, 0.1) is 0 Å². The number of nitrogens with zero attached hydrogens (tertiary/aromatic N) is 2. The van der Waals surface area contributed by atoms with Crippen LogP contribution >= 0.6 is 0 Å². The van der Waals surface area contributed by atoms with E-state index in [9.17, 15) is 0 Å².